The number of hydrogen-bond donors (Lipinski definition) is 1. The fourth-order valence-corrected chi connectivity index (χ4v) is 4.20. The summed E-state index contributed by atoms with van der Waals surface area (Å²) in [7, 11) is 0. The van der Waals surface area contributed by atoms with Crippen molar-refractivity contribution in [2.45, 2.75) is 13.8 Å². The molecule has 2 aliphatic rings. The van der Waals surface area contributed by atoms with E-state index >= 15 is 0 Å². The lowest BCUT2D eigenvalue weighted by Gasteiger charge is -2.27. The summed E-state index contributed by atoms with van der Waals surface area (Å²) < 4.78 is 11.4. The number of carbonyl (C=O) groups excluding carboxylic acids is 4. The van der Waals surface area contributed by atoms with Crippen molar-refractivity contribution < 1.29 is 28.7 Å². The van der Waals surface area contributed by atoms with Crippen LogP contribution in [0.25, 0.3) is 6.08 Å². The quantitative estimate of drug-likeness (QED) is 0.460. The van der Waals surface area contributed by atoms with Crippen LogP contribution < -0.4 is 15.0 Å². The van der Waals surface area contributed by atoms with E-state index in [1.165, 1.54) is 6.08 Å². The maximum atomic E-state index is 13.1. The molecule has 2 aromatic rings. The van der Waals surface area contributed by atoms with Crippen molar-refractivity contribution in [1.82, 2.24) is 10.2 Å². The van der Waals surface area contributed by atoms with Crippen LogP contribution >= 0.6 is 15.9 Å². The molecule has 0 bridgehead atoms. The van der Waals surface area contributed by atoms with Gasteiger partial charge in [0, 0.05) is 13.1 Å². The van der Waals surface area contributed by atoms with Crippen LogP contribution in [0.1, 0.15) is 16.7 Å². The number of ether oxygens (including phenoxy) is 2. The Balaban J connectivity index is 1.51. The first-order valence-electron chi connectivity index (χ1n) is 11.0. The Bertz CT molecular complexity index is 1240. The summed E-state index contributed by atoms with van der Waals surface area (Å²) in [6, 6.07) is 9.36. The highest BCUT2D eigenvalue weighted by atomic mass is 79.9. The Morgan fingerprint density at radius 2 is 1.83 bits per heavy atom. The molecule has 0 aromatic heterocycles. The molecular weight excluding hydrogens is 518 g/mol. The van der Waals surface area contributed by atoms with Gasteiger partial charge >= 0.3 is 6.03 Å². The van der Waals surface area contributed by atoms with Gasteiger partial charge in [0.2, 0.25) is 0 Å². The monoisotopic (exact) mass is 541 g/mol. The molecule has 2 fully saturated rings. The largest absolute Gasteiger partial charge is 0.483 e. The minimum atomic E-state index is -0.796. The SMILES string of the molecule is Cc1ccc(N2C(=O)NC(=O)/C(=C\c3ccc(OCC(=O)N4CCOCC4)c(Br)c3)C2=O)cc1C. The number of benzene rings is 2. The number of hydrogen-bond acceptors (Lipinski definition) is 6. The van der Waals surface area contributed by atoms with Gasteiger partial charge in [-0.25, -0.2) is 9.69 Å². The topological polar surface area (TPSA) is 105 Å². The molecule has 0 radical (unpaired) electrons. The van der Waals surface area contributed by atoms with Gasteiger partial charge < -0.3 is 14.4 Å². The van der Waals surface area contributed by atoms with Crippen molar-refractivity contribution in [3.8, 4) is 5.75 Å². The van der Waals surface area contributed by atoms with Crippen LogP contribution in [0.2, 0.25) is 0 Å². The van der Waals surface area contributed by atoms with Crippen LogP contribution in [-0.2, 0) is 19.1 Å². The number of imide groups is 2. The highest BCUT2D eigenvalue weighted by Crippen LogP contribution is 2.29. The van der Waals surface area contributed by atoms with Crippen molar-refractivity contribution in [3.63, 3.8) is 0 Å². The van der Waals surface area contributed by atoms with Crippen molar-refractivity contribution >= 4 is 51.4 Å². The Morgan fingerprint density at radius 1 is 1.09 bits per heavy atom. The Morgan fingerprint density at radius 3 is 2.51 bits per heavy atom. The summed E-state index contributed by atoms with van der Waals surface area (Å²) in [4.78, 5) is 53.0. The van der Waals surface area contributed by atoms with Gasteiger partial charge in [-0.1, -0.05) is 12.1 Å². The minimum Gasteiger partial charge on any atom is -0.483 e. The molecule has 5 amide bonds. The molecule has 4 rings (SSSR count). The zero-order chi connectivity index (χ0) is 25.1. The summed E-state index contributed by atoms with van der Waals surface area (Å²) >= 11 is 3.41. The molecule has 9 nitrogen and oxygen atoms in total. The molecule has 2 saturated heterocycles. The van der Waals surface area contributed by atoms with E-state index in [0.717, 1.165) is 16.0 Å². The Kier molecular flexibility index (Phi) is 7.32. The van der Waals surface area contributed by atoms with Gasteiger partial charge in [-0.3, -0.25) is 19.7 Å². The van der Waals surface area contributed by atoms with Gasteiger partial charge in [0.15, 0.2) is 6.61 Å². The van der Waals surface area contributed by atoms with E-state index in [1.54, 1.807) is 35.2 Å². The van der Waals surface area contributed by atoms with Crippen LogP contribution in [-0.4, -0.2) is 61.6 Å². The number of anilines is 1. The maximum Gasteiger partial charge on any atom is 0.335 e. The van der Waals surface area contributed by atoms with E-state index in [9.17, 15) is 19.2 Å². The first-order chi connectivity index (χ1) is 16.7. The van der Waals surface area contributed by atoms with Crippen LogP contribution in [0.15, 0.2) is 46.4 Å². The number of nitrogens with one attached hydrogen (secondary N) is 1. The fourth-order valence-electron chi connectivity index (χ4n) is 3.69. The number of morpholine rings is 1. The van der Waals surface area contributed by atoms with E-state index in [0.29, 0.717) is 47.8 Å². The van der Waals surface area contributed by atoms with E-state index in [1.807, 2.05) is 19.9 Å². The minimum absolute atomic E-state index is 0.118. The number of urea groups is 1. The van der Waals surface area contributed by atoms with Gasteiger partial charge in [0.05, 0.1) is 23.4 Å². The number of amides is 5. The van der Waals surface area contributed by atoms with Gasteiger partial charge in [-0.2, -0.15) is 0 Å². The van der Waals surface area contributed by atoms with Gasteiger partial charge in [-0.05, 0) is 76.8 Å². The molecule has 182 valence electrons. The predicted molar refractivity (Wildman–Crippen MR) is 132 cm³/mol. The Labute approximate surface area is 210 Å². The Hall–Kier alpha value is -3.50. The van der Waals surface area contributed by atoms with E-state index in [-0.39, 0.29) is 18.1 Å². The molecule has 0 saturated carbocycles. The van der Waals surface area contributed by atoms with Crippen LogP contribution in [0.4, 0.5) is 10.5 Å². The second-order valence-corrected chi connectivity index (χ2v) is 9.05. The van der Waals surface area contributed by atoms with Crippen LogP contribution in [0.3, 0.4) is 0 Å². The number of rotatable bonds is 5. The van der Waals surface area contributed by atoms with E-state index in [4.69, 9.17) is 9.47 Å². The molecular formula is C25H24BrN3O6. The zero-order valence-corrected chi connectivity index (χ0v) is 20.9. The third kappa shape index (κ3) is 5.44. The maximum absolute atomic E-state index is 13.1. The molecule has 0 unspecified atom stereocenters. The van der Waals surface area contributed by atoms with Crippen molar-refractivity contribution in [2.24, 2.45) is 0 Å². The van der Waals surface area contributed by atoms with Crippen molar-refractivity contribution in [3.05, 3.63) is 63.1 Å². The van der Waals surface area contributed by atoms with Gasteiger partial charge in [0.1, 0.15) is 11.3 Å². The molecule has 0 atom stereocenters. The van der Waals surface area contributed by atoms with Crippen LogP contribution in [0, 0.1) is 13.8 Å². The number of carbonyl (C=O) groups is 4. The fraction of sp³-hybridized carbons (Fsp3) is 0.280. The smallest absolute Gasteiger partial charge is 0.335 e. The summed E-state index contributed by atoms with van der Waals surface area (Å²) in [5, 5.41) is 2.22. The highest BCUT2D eigenvalue weighted by molar-refractivity contribution is 9.10. The van der Waals surface area contributed by atoms with Gasteiger partial charge in [-0.15, -0.1) is 0 Å². The lowest BCUT2D eigenvalue weighted by molar-refractivity contribution is -0.137. The van der Waals surface area contributed by atoms with Crippen molar-refractivity contribution in [1.29, 1.82) is 0 Å². The number of nitrogens with zero attached hydrogens (tertiary/aromatic N) is 2. The highest BCUT2D eigenvalue weighted by Gasteiger charge is 2.37. The molecule has 10 heteroatoms. The lowest BCUT2D eigenvalue weighted by atomic mass is 10.1. The van der Waals surface area contributed by atoms with Crippen LogP contribution in [0.5, 0.6) is 5.75 Å². The first-order valence-corrected chi connectivity index (χ1v) is 11.8. The third-order valence-corrected chi connectivity index (χ3v) is 6.45. The molecule has 2 heterocycles. The summed E-state index contributed by atoms with van der Waals surface area (Å²) in [6.07, 6.45) is 1.41. The predicted octanol–water partition coefficient (Wildman–Crippen LogP) is 2.97. The van der Waals surface area contributed by atoms with Gasteiger partial charge in [0.25, 0.3) is 17.7 Å². The lowest BCUT2D eigenvalue weighted by Crippen LogP contribution is -2.54. The first kappa shape index (κ1) is 24.6. The average Bonchev–Trinajstić information content (AvgIpc) is 2.83. The second kappa shape index (κ2) is 10.4. The summed E-state index contributed by atoms with van der Waals surface area (Å²) in [6.45, 7) is 5.78. The number of aryl methyl sites for hydroxylation is 2. The second-order valence-electron chi connectivity index (χ2n) is 8.20. The average molecular weight is 542 g/mol. The summed E-state index contributed by atoms with van der Waals surface area (Å²) in [5.74, 6) is -1.17. The standard InChI is InChI=1S/C25H24BrN3O6/c1-15-3-5-18(11-16(15)2)29-24(32)19(23(31)27-25(29)33)12-17-4-6-21(20(26)13-17)35-14-22(30)28-7-9-34-10-8-28/h3-6,11-13H,7-10,14H2,1-2H3,(H,27,31,33)/b19-12+. The van der Waals surface area contributed by atoms with E-state index < -0.39 is 17.8 Å². The summed E-state index contributed by atoms with van der Waals surface area (Å²) in [5.41, 5.74) is 2.67. The normalized spacial score (nSPS) is 17.6. The molecule has 35 heavy (non-hydrogen) atoms. The zero-order valence-electron chi connectivity index (χ0n) is 19.3. The molecule has 1 N–H and O–H groups in total. The number of halogens is 1. The number of barbiturate groups is 1. The third-order valence-electron chi connectivity index (χ3n) is 5.83. The molecule has 2 aromatic carbocycles. The molecule has 0 aliphatic carbocycles. The van der Waals surface area contributed by atoms with E-state index in [2.05, 4.69) is 21.2 Å². The molecule has 2 aliphatic heterocycles. The molecule has 0 spiro atoms. The van der Waals surface area contributed by atoms with Crippen molar-refractivity contribution in [2.75, 3.05) is 37.8 Å².